The molecule has 12 N–H and O–H groups in total. The number of ether oxygens (including phenoxy) is 6. The fraction of sp³-hybridized carbons (Fsp3) is 0.629. The summed E-state index contributed by atoms with van der Waals surface area (Å²) in [5, 5.41) is 22.2. The number of methoxy groups -OCH3 is 2. The molecule has 76 heavy (non-hydrogen) atoms. The number of hydrogen-bond donors (Lipinski definition) is 10. The van der Waals surface area contributed by atoms with Gasteiger partial charge in [-0.25, -0.2) is 38.0 Å². The molecular formula is C35H52N12O25P4. The number of aromatic nitrogens is 8. The Kier molecular flexibility index (Phi) is 16.9. The SMILES string of the molecule is COC1[C@@H](O)[C@@H](COP(=O)(O)OP(=O)(O)OP(=O)(O)OC[C@H]2O[C@@H](n3cnc4c(N)ncnc43)[C@@H](OC)C2OP(=O)(O)OC[C@H]2O[C@@H](n3ccc(=O)[nH]c3=O)[C@@H](O)C2OC(C)C)O[C@H]1N1CN(C)c2c1nc(N)[nH]c2=O. The number of aromatic amines is 2. The molecule has 3 saturated heterocycles. The van der Waals surface area contributed by atoms with Gasteiger partial charge in [-0.05, 0) is 13.8 Å². The molecule has 0 aliphatic carbocycles. The molecule has 8 heterocycles. The Labute approximate surface area is 425 Å². The van der Waals surface area contributed by atoms with Gasteiger partial charge in [-0.15, -0.1) is 0 Å². The van der Waals surface area contributed by atoms with Crippen LogP contribution < -0.4 is 38.1 Å². The van der Waals surface area contributed by atoms with E-state index in [2.05, 4.69) is 33.5 Å². The average Bonchev–Trinajstić information content (AvgIpc) is 4.13. The molecule has 7 unspecified atom stereocenters. The average molecular weight is 1160 g/mol. The number of nitrogen functional groups attached to an aromatic ring is 2. The van der Waals surface area contributed by atoms with Crippen LogP contribution in [-0.4, -0.2) is 184 Å². The number of fused-ring (bicyclic) bond motifs is 2. The van der Waals surface area contributed by atoms with Crippen LogP contribution in [0.1, 0.15) is 26.3 Å². The number of aliphatic hydroxyl groups excluding tert-OH is 2. The monoisotopic (exact) mass is 1160 g/mol. The van der Waals surface area contributed by atoms with Gasteiger partial charge in [0.25, 0.3) is 11.1 Å². The molecule has 8 rings (SSSR count). The zero-order valence-electron chi connectivity index (χ0n) is 40.1. The van der Waals surface area contributed by atoms with Gasteiger partial charge < -0.3 is 79.5 Å². The number of nitrogens with two attached hydrogens (primary N) is 2. The van der Waals surface area contributed by atoms with E-state index in [0.717, 1.165) is 36.6 Å². The summed E-state index contributed by atoms with van der Waals surface area (Å²) < 4.78 is 119. The number of nitrogens with one attached hydrogen (secondary N) is 2. The molecule has 0 aromatic carbocycles. The molecule has 0 spiro atoms. The second-order valence-electron chi connectivity index (χ2n) is 17.3. The number of phosphoric acid groups is 4. The Hall–Kier alpha value is -4.49. The van der Waals surface area contributed by atoms with Crippen molar-refractivity contribution < 1.29 is 103 Å². The number of nitrogens with zero attached hydrogens (tertiary/aromatic N) is 8. The molecule has 4 aliphatic rings. The van der Waals surface area contributed by atoms with Crippen LogP contribution in [0.25, 0.3) is 11.2 Å². The number of H-pyrrole nitrogens is 2. The van der Waals surface area contributed by atoms with Crippen LogP contribution in [0.3, 0.4) is 0 Å². The van der Waals surface area contributed by atoms with E-state index in [1.165, 1.54) is 21.5 Å². The Morgan fingerprint density at radius 2 is 1.36 bits per heavy atom. The van der Waals surface area contributed by atoms with Crippen LogP contribution >= 0.6 is 31.3 Å². The van der Waals surface area contributed by atoms with E-state index in [1.54, 1.807) is 20.9 Å². The van der Waals surface area contributed by atoms with Crippen LogP contribution in [0.4, 0.5) is 23.3 Å². The number of anilines is 4. The zero-order chi connectivity index (χ0) is 55.4. The highest BCUT2D eigenvalue weighted by atomic mass is 31.3. The minimum absolute atomic E-state index is 0.0241. The highest BCUT2D eigenvalue weighted by Crippen LogP contribution is 2.68. The van der Waals surface area contributed by atoms with E-state index in [1.807, 2.05) is 4.98 Å². The number of rotatable bonds is 22. The predicted octanol–water partition coefficient (Wildman–Crippen LogP) is -2.53. The first-order valence-corrected chi connectivity index (χ1v) is 28.1. The molecule has 4 aromatic rings. The largest absolute Gasteiger partial charge is 0.490 e. The molecular weight excluding hydrogens is 1110 g/mol. The van der Waals surface area contributed by atoms with Crippen LogP contribution in [0.2, 0.25) is 0 Å². The fourth-order valence-electron chi connectivity index (χ4n) is 8.65. The molecule has 422 valence electrons. The lowest BCUT2D eigenvalue weighted by atomic mass is 10.1. The molecule has 41 heteroatoms. The summed E-state index contributed by atoms with van der Waals surface area (Å²) in [5.74, 6) is -0.272. The lowest BCUT2D eigenvalue weighted by Gasteiger charge is -2.29. The van der Waals surface area contributed by atoms with Gasteiger partial charge in [0.15, 0.2) is 36.0 Å². The van der Waals surface area contributed by atoms with Crippen LogP contribution in [0.15, 0.2) is 39.3 Å². The van der Waals surface area contributed by atoms with Gasteiger partial charge in [0.2, 0.25) is 5.95 Å². The van der Waals surface area contributed by atoms with Crippen molar-refractivity contribution in [2.24, 2.45) is 0 Å². The summed E-state index contributed by atoms with van der Waals surface area (Å²) >= 11 is 0. The second-order valence-corrected chi connectivity index (χ2v) is 23.3. The van der Waals surface area contributed by atoms with Crippen molar-refractivity contribution in [1.82, 2.24) is 39.0 Å². The van der Waals surface area contributed by atoms with E-state index < -0.39 is 148 Å². The summed E-state index contributed by atoms with van der Waals surface area (Å²) in [6.45, 7) is 0.0134. The second kappa shape index (κ2) is 22.3. The van der Waals surface area contributed by atoms with Gasteiger partial charge in [0.1, 0.15) is 72.5 Å². The highest BCUT2D eigenvalue weighted by molar-refractivity contribution is 7.66. The van der Waals surface area contributed by atoms with Crippen molar-refractivity contribution >= 4 is 65.7 Å². The van der Waals surface area contributed by atoms with Crippen LogP contribution in [0.5, 0.6) is 0 Å². The Morgan fingerprint density at radius 3 is 1.99 bits per heavy atom. The van der Waals surface area contributed by atoms with E-state index >= 15 is 0 Å². The zero-order valence-corrected chi connectivity index (χ0v) is 43.7. The standard InChI is InChI=1S/C35H52N12O25P4/c1-14(2)66-23-16(68-31(22(23)50)45-7-6-18(48)41-35(45)52)9-63-73(53,54)70-24-17(69-33(26(24)62-5)46-12-40-19-27(36)38-11-39-28(19)46)10-65-75(57,58)72-76(59,60)71-74(55,56)64-8-15-21(49)25(61-4)32(67-15)47-13-44(3)20-29(47)42-34(37)43-30(20)51/h6-7,11-12,14-17,21-26,31-33,49-50H,8-10,13H2,1-5H3,(H,53,54)(H,55,56)(H,57,58)(H,59,60)(H2,36,38,39)(H,41,48,52)(H3,37,42,43,51)/t15-,16-,17-,21+,22+,23?,24?,25?,26+,31-,32-,33-/m1/s1. The van der Waals surface area contributed by atoms with Gasteiger partial charge >= 0.3 is 37.0 Å². The van der Waals surface area contributed by atoms with Crippen molar-refractivity contribution in [2.75, 3.05) is 69.0 Å². The van der Waals surface area contributed by atoms with Crippen LogP contribution in [0, 0.1) is 0 Å². The quantitative estimate of drug-likeness (QED) is 0.0363. The topological polar surface area (TPSA) is 503 Å². The summed E-state index contributed by atoms with van der Waals surface area (Å²) in [5.41, 5.74) is 9.58. The highest BCUT2D eigenvalue weighted by Gasteiger charge is 2.54. The number of phosphoric ester groups is 3. The molecule has 37 nitrogen and oxygen atoms in total. The smallest absolute Gasteiger partial charge is 0.387 e. The van der Waals surface area contributed by atoms with Crippen molar-refractivity contribution in [2.45, 2.75) is 93.6 Å². The number of imidazole rings is 1. The van der Waals surface area contributed by atoms with Crippen molar-refractivity contribution in [3.05, 3.63) is 56.1 Å². The Balaban J connectivity index is 0.941. The summed E-state index contributed by atoms with van der Waals surface area (Å²) in [4.78, 5) is 103. The molecule has 16 atom stereocenters. The molecule has 0 amide bonds. The van der Waals surface area contributed by atoms with E-state index in [-0.39, 0.29) is 41.1 Å². The van der Waals surface area contributed by atoms with Crippen molar-refractivity contribution in [3.8, 4) is 0 Å². The van der Waals surface area contributed by atoms with Crippen LogP contribution in [-0.2, 0) is 73.4 Å². The normalized spacial score (nSPS) is 30.9. The lowest BCUT2D eigenvalue weighted by molar-refractivity contribution is -0.0817. The Morgan fingerprint density at radius 1 is 0.750 bits per heavy atom. The maximum atomic E-state index is 13.8. The molecule has 4 aromatic heterocycles. The summed E-state index contributed by atoms with van der Waals surface area (Å²) in [7, 11) is -19.5. The molecule has 0 saturated carbocycles. The first-order valence-electron chi connectivity index (χ1n) is 22.1. The van der Waals surface area contributed by atoms with E-state index in [4.69, 9.17) is 58.0 Å². The van der Waals surface area contributed by atoms with Gasteiger partial charge in [-0.2, -0.15) is 13.6 Å². The van der Waals surface area contributed by atoms with Gasteiger partial charge in [0.05, 0.1) is 38.9 Å². The molecule has 4 aliphatic heterocycles. The summed E-state index contributed by atoms with van der Waals surface area (Å²) in [6, 6.07) is 0.986. The predicted molar refractivity (Wildman–Crippen MR) is 250 cm³/mol. The minimum Gasteiger partial charge on any atom is -0.387 e. The third kappa shape index (κ3) is 12.4. The van der Waals surface area contributed by atoms with Gasteiger partial charge in [0, 0.05) is 33.5 Å². The number of hydrogen-bond acceptors (Lipinski definition) is 29. The van der Waals surface area contributed by atoms with Crippen molar-refractivity contribution in [1.29, 1.82) is 0 Å². The number of aliphatic hydroxyl groups is 2. The third-order valence-electron chi connectivity index (χ3n) is 11.8. The fourth-order valence-corrected chi connectivity index (χ4v) is 13.1. The summed E-state index contributed by atoms with van der Waals surface area (Å²) in [6.07, 6.45) is -15.4. The third-order valence-corrected chi connectivity index (χ3v) is 17.0. The molecule has 0 radical (unpaired) electrons. The van der Waals surface area contributed by atoms with E-state index in [9.17, 15) is 62.4 Å². The first kappa shape index (κ1) is 57.7. The lowest BCUT2D eigenvalue weighted by Crippen LogP contribution is -2.46. The Bertz CT molecular complexity index is 3150. The van der Waals surface area contributed by atoms with Crippen molar-refractivity contribution in [3.63, 3.8) is 0 Å². The van der Waals surface area contributed by atoms with E-state index in [0.29, 0.717) is 0 Å². The maximum absolute atomic E-state index is 13.8. The first-order chi connectivity index (χ1) is 35.6. The van der Waals surface area contributed by atoms with Gasteiger partial charge in [-0.3, -0.25) is 46.8 Å². The minimum atomic E-state index is -6.18. The molecule has 3 fully saturated rings. The molecule has 0 bridgehead atoms. The van der Waals surface area contributed by atoms with Gasteiger partial charge in [-0.1, -0.05) is 0 Å². The maximum Gasteiger partial charge on any atom is 0.490 e.